The maximum atomic E-state index is 9.05. The molecule has 18 heavy (non-hydrogen) atoms. The number of nitriles is 1. The maximum absolute atomic E-state index is 9.05. The Morgan fingerprint density at radius 3 is 3.00 bits per heavy atom. The molecule has 3 N–H and O–H groups in total. The molecule has 0 radical (unpaired) electrons. The van der Waals surface area contributed by atoms with Crippen molar-refractivity contribution in [1.82, 2.24) is 4.98 Å². The molecule has 1 aliphatic heterocycles. The molecule has 0 amide bonds. The Morgan fingerprint density at radius 2 is 2.22 bits per heavy atom. The van der Waals surface area contributed by atoms with Gasteiger partial charge in [0.2, 0.25) is 0 Å². The quantitative estimate of drug-likeness (QED) is 0.604. The van der Waals surface area contributed by atoms with Gasteiger partial charge in [-0.25, -0.2) is 10.8 Å². The minimum absolute atomic E-state index is 0.429. The van der Waals surface area contributed by atoms with E-state index in [4.69, 9.17) is 11.1 Å². The maximum Gasteiger partial charge on any atom is 0.158 e. The summed E-state index contributed by atoms with van der Waals surface area (Å²) in [5.41, 5.74) is 6.06. The summed E-state index contributed by atoms with van der Waals surface area (Å²) in [4.78, 5) is 5.69. The first-order valence-corrected chi connectivity index (χ1v) is 6.45. The van der Waals surface area contributed by atoms with Gasteiger partial charge in [0.05, 0.1) is 11.3 Å². The van der Waals surface area contributed by atoms with Crippen molar-refractivity contribution in [3.05, 3.63) is 41.5 Å². The Kier molecular flexibility index (Phi) is 2.67. The van der Waals surface area contributed by atoms with Gasteiger partial charge in [-0.3, -0.25) is 0 Å². The van der Waals surface area contributed by atoms with E-state index in [2.05, 4.69) is 22.5 Å². The second-order valence-corrected chi connectivity index (χ2v) is 4.95. The monoisotopic (exact) mass is 254 g/mol. The number of thioether (sulfide) groups is 1. The van der Waals surface area contributed by atoms with Crippen molar-refractivity contribution in [2.45, 2.75) is 10.6 Å². The number of nitrogens with one attached hydrogen (secondary N) is 1. The Hall–Kier alpha value is -2.03. The van der Waals surface area contributed by atoms with E-state index in [9.17, 15) is 0 Å². The van der Waals surface area contributed by atoms with Crippen molar-refractivity contribution in [3.8, 4) is 17.3 Å². The topological polar surface area (TPSA) is 74.7 Å². The van der Waals surface area contributed by atoms with Gasteiger partial charge < -0.3 is 5.43 Å². The zero-order valence-corrected chi connectivity index (χ0v) is 10.3. The van der Waals surface area contributed by atoms with Crippen LogP contribution < -0.4 is 11.3 Å². The van der Waals surface area contributed by atoms with Crippen LogP contribution in [0.3, 0.4) is 0 Å². The molecule has 2 heterocycles. The van der Waals surface area contributed by atoms with Crippen LogP contribution in [0.2, 0.25) is 0 Å². The van der Waals surface area contributed by atoms with Gasteiger partial charge in [0.25, 0.3) is 0 Å². The first kappa shape index (κ1) is 11.1. The number of anilines is 1. The molecular weight excluding hydrogens is 244 g/mol. The summed E-state index contributed by atoms with van der Waals surface area (Å²) in [6.07, 6.45) is 0. The molecule has 0 spiro atoms. The van der Waals surface area contributed by atoms with E-state index < -0.39 is 0 Å². The summed E-state index contributed by atoms with van der Waals surface area (Å²) in [6, 6.07) is 12.1. The van der Waals surface area contributed by atoms with E-state index in [0.29, 0.717) is 11.4 Å². The Labute approximate surface area is 109 Å². The molecule has 0 aliphatic carbocycles. The van der Waals surface area contributed by atoms with Crippen molar-refractivity contribution >= 4 is 17.6 Å². The van der Waals surface area contributed by atoms with Crippen LogP contribution >= 0.6 is 11.8 Å². The molecule has 5 heteroatoms. The molecule has 0 saturated carbocycles. The van der Waals surface area contributed by atoms with Gasteiger partial charge in [-0.1, -0.05) is 18.2 Å². The van der Waals surface area contributed by atoms with Gasteiger partial charge in [0, 0.05) is 16.2 Å². The van der Waals surface area contributed by atoms with Gasteiger partial charge >= 0.3 is 0 Å². The average Bonchev–Trinajstić information content (AvgIpc) is 2.45. The number of aromatic nitrogens is 1. The van der Waals surface area contributed by atoms with Gasteiger partial charge in [-0.15, -0.1) is 11.8 Å². The van der Waals surface area contributed by atoms with Crippen LogP contribution in [-0.2, 0) is 5.75 Å². The molecule has 2 aromatic rings. The van der Waals surface area contributed by atoms with E-state index in [1.165, 1.54) is 4.90 Å². The number of hydrogen-bond donors (Lipinski definition) is 2. The second-order valence-electron chi connectivity index (χ2n) is 3.93. The minimum atomic E-state index is 0.429. The zero-order valence-electron chi connectivity index (χ0n) is 9.47. The van der Waals surface area contributed by atoms with Crippen LogP contribution in [0, 0.1) is 11.3 Å². The first-order chi connectivity index (χ1) is 8.83. The van der Waals surface area contributed by atoms with E-state index in [1.54, 1.807) is 11.8 Å². The van der Waals surface area contributed by atoms with Crippen molar-refractivity contribution in [1.29, 1.82) is 5.26 Å². The van der Waals surface area contributed by atoms with Crippen LogP contribution in [0.1, 0.15) is 11.1 Å². The molecule has 0 atom stereocenters. The number of benzene rings is 1. The molecule has 3 rings (SSSR count). The predicted molar refractivity (Wildman–Crippen MR) is 71.8 cm³/mol. The van der Waals surface area contributed by atoms with E-state index >= 15 is 0 Å². The lowest BCUT2D eigenvalue weighted by atomic mass is 10.0. The fourth-order valence-corrected chi connectivity index (χ4v) is 3.06. The van der Waals surface area contributed by atoms with Crippen LogP contribution in [0.15, 0.2) is 35.2 Å². The molecule has 1 aromatic heterocycles. The molecule has 4 nitrogen and oxygen atoms in total. The second kappa shape index (κ2) is 4.33. The highest BCUT2D eigenvalue weighted by molar-refractivity contribution is 7.98. The fourth-order valence-electron chi connectivity index (χ4n) is 2.04. The van der Waals surface area contributed by atoms with Crippen LogP contribution in [0.25, 0.3) is 11.3 Å². The smallest absolute Gasteiger partial charge is 0.158 e. The summed E-state index contributed by atoms with van der Waals surface area (Å²) in [5, 5.41) is 9.05. The number of nitrogen functional groups attached to an aromatic ring is 1. The molecule has 88 valence electrons. The standard InChI is InChI=1S/C13H10N4S/c14-6-8-5-9-7-18-11-4-2-1-3-10(11)12(9)16-13(8)17-15/h1-5H,7,15H2,(H,16,17). The van der Waals surface area contributed by atoms with E-state index in [1.807, 2.05) is 24.3 Å². The van der Waals surface area contributed by atoms with Crippen LogP contribution in [-0.4, -0.2) is 4.98 Å². The summed E-state index contributed by atoms with van der Waals surface area (Å²) >= 11 is 1.76. The zero-order chi connectivity index (χ0) is 12.5. The number of nitrogens with zero attached hydrogens (tertiary/aromatic N) is 2. The van der Waals surface area contributed by atoms with Gasteiger partial charge in [0.15, 0.2) is 5.82 Å². The SMILES string of the molecule is N#Cc1cc2c(nc1NN)-c1ccccc1SC2. The lowest BCUT2D eigenvalue weighted by molar-refractivity contribution is 1.16. The highest BCUT2D eigenvalue weighted by Crippen LogP contribution is 2.41. The number of fused-ring (bicyclic) bond motifs is 3. The summed E-state index contributed by atoms with van der Waals surface area (Å²) in [5.74, 6) is 6.67. The summed E-state index contributed by atoms with van der Waals surface area (Å²) in [7, 11) is 0. The van der Waals surface area contributed by atoms with Gasteiger partial charge in [0.1, 0.15) is 6.07 Å². The van der Waals surface area contributed by atoms with E-state index in [0.717, 1.165) is 22.6 Å². The lowest BCUT2D eigenvalue weighted by Gasteiger charge is -2.19. The van der Waals surface area contributed by atoms with Crippen molar-refractivity contribution in [3.63, 3.8) is 0 Å². The normalized spacial score (nSPS) is 12.2. The third kappa shape index (κ3) is 1.63. The van der Waals surface area contributed by atoms with Crippen LogP contribution in [0.4, 0.5) is 5.82 Å². The molecule has 0 fully saturated rings. The average molecular weight is 254 g/mol. The molecular formula is C13H10N4S. The first-order valence-electron chi connectivity index (χ1n) is 5.46. The van der Waals surface area contributed by atoms with Crippen molar-refractivity contribution < 1.29 is 0 Å². The fraction of sp³-hybridized carbons (Fsp3) is 0.0769. The van der Waals surface area contributed by atoms with Gasteiger partial charge in [-0.05, 0) is 17.7 Å². The minimum Gasteiger partial charge on any atom is -0.307 e. The largest absolute Gasteiger partial charge is 0.307 e. The van der Waals surface area contributed by atoms with Gasteiger partial charge in [-0.2, -0.15) is 5.26 Å². The Balaban J connectivity index is 2.25. The molecule has 0 bridgehead atoms. The summed E-state index contributed by atoms with van der Waals surface area (Å²) < 4.78 is 0. The molecule has 1 aromatic carbocycles. The third-order valence-electron chi connectivity index (χ3n) is 2.88. The molecule has 1 aliphatic rings. The number of pyridine rings is 1. The Bertz CT molecular complexity index is 661. The van der Waals surface area contributed by atoms with E-state index in [-0.39, 0.29) is 0 Å². The van der Waals surface area contributed by atoms with Crippen LogP contribution in [0.5, 0.6) is 0 Å². The number of rotatable bonds is 1. The third-order valence-corrected chi connectivity index (χ3v) is 4.01. The number of hydrogen-bond acceptors (Lipinski definition) is 5. The lowest BCUT2D eigenvalue weighted by Crippen LogP contribution is -2.12. The number of hydrazine groups is 1. The van der Waals surface area contributed by atoms with Crippen molar-refractivity contribution in [2.75, 3.05) is 5.43 Å². The number of nitrogens with two attached hydrogens (primary N) is 1. The summed E-state index contributed by atoms with van der Waals surface area (Å²) in [6.45, 7) is 0. The highest BCUT2D eigenvalue weighted by Gasteiger charge is 2.19. The molecule has 0 saturated heterocycles. The predicted octanol–water partition coefficient (Wildman–Crippen LogP) is 2.51. The van der Waals surface area contributed by atoms with Crippen molar-refractivity contribution in [2.24, 2.45) is 5.84 Å². The highest BCUT2D eigenvalue weighted by atomic mass is 32.2. The molecule has 0 unspecified atom stereocenters. The Morgan fingerprint density at radius 1 is 1.39 bits per heavy atom.